The van der Waals surface area contributed by atoms with Gasteiger partial charge in [0.1, 0.15) is 16.6 Å². The number of imidazole rings is 1. The van der Waals surface area contributed by atoms with E-state index in [-0.39, 0.29) is 11.1 Å². The molecule has 1 aromatic carbocycles. The lowest BCUT2D eigenvalue weighted by Gasteiger charge is -2.15. The van der Waals surface area contributed by atoms with Crippen LogP contribution in [0.2, 0.25) is 5.02 Å². The van der Waals surface area contributed by atoms with Gasteiger partial charge in [-0.25, -0.2) is 14.4 Å². The minimum absolute atomic E-state index is 0.00487. The molecule has 1 atom stereocenters. The van der Waals surface area contributed by atoms with Gasteiger partial charge in [-0.15, -0.1) is 22.9 Å². The number of hydrogen-bond donors (Lipinski definition) is 0. The second kappa shape index (κ2) is 5.91. The van der Waals surface area contributed by atoms with Crippen LogP contribution in [0.5, 0.6) is 0 Å². The molecule has 0 aliphatic heterocycles. The Bertz CT molecular complexity index is 770. The highest BCUT2D eigenvalue weighted by molar-refractivity contribution is 7.09. The molecular weight excluding hydrogens is 332 g/mol. The van der Waals surface area contributed by atoms with Crippen LogP contribution in [0.4, 0.5) is 4.39 Å². The first-order valence-corrected chi connectivity index (χ1v) is 8.22. The first kappa shape index (κ1) is 14.8. The fourth-order valence-corrected chi connectivity index (χ4v) is 3.40. The maximum Gasteiger partial charge on any atom is 0.144 e. The third-order valence-corrected chi connectivity index (χ3v) is 4.74. The number of fused-ring (bicyclic) bond motifs is 1. The van der Waals surface area contributed by atoms with E-state index in [9.17, 15) is 4.39 Å². The quantitative estimate of drug-likeness (QED) is 0.644. The molecule has 0 saturated heterocycles. The van der Waals surface area contributed by atoms with E-state index >= 15 is 0 Å². The van der Waals surface area contributed by atoms with Crippen LogP contribution < -0.4 is 0 Å². The SMILES string of the molecule is CC(c1nccs1)n1c(CCCl)nc2cc(F)c(Cl)cc21. The van der Waals surface area contributed by atoms with Crippen molar-refractivity contribution in [3.8, 4) is 0 Å². The van der Waals surface area contributed by atoms with Crippen LogP contribution >= 0.6 is 34.5 Å². The normalized spacial score (nSPS) is 13.0. The number of benzene rings is 1. The van der Waals surface area contributed by atoms with Crippen LogP contribution in [0.25, 0.3) is 11.0 Å². The molecule has 21 heavy (non-hydrogen) atoms. The molecule has 7 heteroatoms. The summed E-state index contributed by atoms with van der Waals surface area (Å²) in [4.78, 5) is 8.84. The smallest absolute Gasteiger partial charge is 0.144 e. The van der Waals surface area contributed by atoms with E-state index in [2.05, 4.69) is 9.97 Å². The maximum atomic E-state index is 13.6. The predicted molar refractivity (Wildman–Crippen MR) is 85.1 cm³/mol. The molecule has 0 aliphatic rings. The fraction of sp³-hybridized carbons (Fsp3) is 0.286. The first-order chi connectivity index (χ1) is 10.1. The highest BCUT2D eigenvalue weighted by Gasteiger charge is 2.20. The van der Waals surface area contributed by atoms with Crippen molar-refractivity contribution in [1.82, 2.24) is 14.5 Å². The molecular formula is C14H12Cl2FN3S. The van der Waals surface area contributed by atoms with Crippen LogP contribution in [-0.2, 0) is 6.42 Å². The summed E-state index contributed by atoms with van der Waals surface area (Å²) in [5, 5.41) is 2.98. The van der Waals surface area contributed by atoms with Crippen LogP contribution in [0, 0.1) is 5.82 Å². The highest BCUT2D eigenvalue weighted by atomic mass is 35.5. The summed E-state index contributed by atoms with van der Waals surface area (Å²) in [5.74, 6) is 0.793. The van der Waals surface area contributed by atoms with Crippen molar-refractivity contribution < 1.29 is 4.39 Å². The lowest BCUT2D eigenvalue weighted by molar-refractivity contribution is 0.618. The van der Waals surface area contributed by atoms with Crippen LogP contribution in [0.15, 0.2) is 23.7 Å². The molecule has 0 radical (unpaired) electrons. The van der Waals surface area contributed by atoms with Crippen molar-refractivity contribution in [2.24, 2.45) is 0 Å². The predicted octanol–water partition coefficient (Wildman–Crippen LogP) is 4.68. The molecule has 1 unspecified atom stereocenters. The average Bonchev–Trinajstić information content (AvgIpc) is 3.07. The van der Waals surface area contributed by atoms with Gasteiger partial charge in [0.25, 0.3) is 0 Å². The number of thiazole rings is 1. The van der Waals surface area contributed by atoms with E-state index in [0.717, 1.165) is 16.3 Å². The molecule has 2 aromatic heterocycles. The van der Waals surface area contributed by atoms with Crippen LogP contribution in [0.1, 0.15) is 23.8 Å². The van der Waals surface area contributed by atoms with Gasteiger partial charge in [-0.3, -0.25) is 0 Å². The number of aryl methyl sites for hydroxylation is 1. The summed E-state index contributed by atoms with van der Waals surface area (Å²) in [6.45, 7) is 2.04. The lowest BCUT2D eigenvalue weighted by Crippen LogP contribution is -2.11. The molecule has 3 aromatic rings. The van der Waals surface area contributed by atoms with Gasteiger partial charge >= 0.3 is 0 Å². The number of alkyl halides is 1. The number of hydrogen-bond acceptors (Lipinski definition) is 3. The van der Waals surface area contributed by atoms with Crippen molar-refractivity contribution in [2.75, 3.05) is 5.88 Å². The minimum atomic E-state index is -0.465. The molecule has 2 heterocycles. The second-order valence-corrected chi connectivity index (χ2v) is 6.35. The topological polar surface area (TPSA) is 30.7 Å². The van der Waals surface area contributed by atoms with Gasteiger partial charge in [0.15, 0.2) is 0 Å². The fourth-order valence-electron chi connectivity index (χ4n) is 2.38. The first-order valence-electron chi connectivity index (χ1n) is 6.43. The van der Waals surface area contributed by atoms with Gasteiger partial charge in [-0.1, -0.05) is 11.6 Å². The summed E-state index contributed by atoms with van der Waals surface area (Å²) in [7, 11) is 0. The largest absolute Gasteiger partial charge is 0.318 e. The summed E-state index contributed by atoms with van der Waals surface area (Å²) in [6.07, 6.45) is 2.37. The minimum Gasteiger partial charge on any atom is -0.318 e. The van der Waals surface area contributed by atoms with E-state index in [4.69, 9.17) is 23.2 Å². The zero-order valence-electron chi connectivity index (χ0n) is 11.2. The molecule has 0 amide bonds. The Hall–Kier alpha value is -1.17. The maximum absolute atomic E-state index is 13.6. The molecule has 0 aliphatic carbocycles. The molecule has 0 saturated carbocycles. The van der Waals surface area contributed by atoms with Gasteiger partial charge in [0.05, 0.1) is 22.1 Å². The molecule has 0 spiro atoms. The number of nitrogens with zero attached hydrogens (tertiary/aromatic N) is 3. The van der Waals surface area contributed by atoms with E-state index < -0.39 is 5.82 Å². The Morgan fingerprint density at radius 3 is 2.90 bits per heavy atom. The summed E-state index contributed by atoms with van der Waals surface area (Å²) < 4.78 is 15.7. The standard InChI is InChI=1S/C14H12Cl2FN3S/c1-8(14-18-4-5-21-14)20-12-6-9(16)10(17)7-11(12)19-13(20)2-3-15/h4-8H,2-3H2,1H3. The van der Waals surface area contributed by atoms with Crippen molar-refractivity contribution in [3.63, 3.8) is 0 Å². The van der Waals surface area contributed by atoms with E-state index in [1.807, 2.05) is 16.9 Å². The van der Waals surface area contributed by atoms with Gasteiger partial charge in [-0.2, -0.15) is 0 Å². The van der Waals surface area contributed by atoms with E-state index in [0.29, 0.717) is 17.8 Å². The van der Waals surface area contributed by atoms with E-state index in [1.54, 1.807) is 23.6 Å². The number of aromatic nitrogens is 3. The van der Waals surface area contributed by atoms with Crippen molar-refractivity contribution in [3.05, 3.63) is 45.4 Å². The summed E-state index contributed by atoms with van der Waals surface area (Å²) in [6, 6.07) is 2.97. The monoisotopic (exact) mass is 343 g/mol. The third kappa shape index (κ3) is 2.65. The lowest BCUT2D eigenvalue weighted by atomic mass is 10.2. The zero-order chi connectivity index (χ0) is 15.0. The van der Waals surface area contributed by atoms with Crippen molar-refractivity contribution in [1.29, 1.82) is 0 Å². The van der Waals surface area contributed by atoms with Gasteiger partial charge < -0.3 is 4.57 Å². The Morgan fingerprint density at radius 1 is 1.43 bits per heavy atom. The molecule has 0 fully saturated rings. The Morgan fingerprint density at radius 2 is 2.24 bits per heavy atom. The molecule has 0 N–H and O–H groups in total. The highest BCUT2D eigenvalue weighted by Crippen LogP contribution is 2.30. The number of halogens is 3. The molecule has 3 nitrogen and oxygen atoms in total. The number of rotatable bonds is 4. The Balaban J connectivity index is 2.22. The van der Waals surface area contributed by atoms with Crippen molar-refractivity contribution in [2.45, 2.75) is 19.4 Å². The Labute approximate surface area is 135 Å². The van der Waals surface area contributed by atoms with Gasteiger partial charge in [0.2, 0.25) is 0 Å². The van der Waals surface area contributed by atoms with Crippen LogP contribution in [-0.4, -0.2) is 20.4 Å². The van der Waals surface area contributed by atoms with Gasteiger partial charge in [0, 0.05) is 29.9 Å². The summed E-state index contributed by atoms with van der Waals surface area (Å²) >= 11 is 13.4. The molecule has 0 bridgehead atoms. The average molecular weight is 344 g/mol. The van der Waals surface area contributed by atoms with Gasteiger partial charge in [-0.05, 0) is 13.0 Å². The Kier molecular flexibility index (Phi) is 4.15. The summed E-state index contributed by atoms with van der Waals surface area (Å²) in [5.41, 5.74) is 1.38. The third-order valence-electron chi connectivity index (χ3n) is 3.32. The molecule has 3 rings (SSSR count). The van der Waals surface area contributed by atoms with E-state index in [1.165, 1.54) is 6.07 Å². The van der Waals surface area contributed by atoms with Crippen LogP contribution in [0.3, 0.4) is 0 Å². The second-order valence-electron chi connectivity index (χ2n) is 4.64. The van der Waals surface area contributed by atoms with Crippen molar-refractivity contribution >= 4 is 45.6 Å². The molecule has 110 valence electrons. The zero-order valence-corrected chi connectivity index (χ0v) is 13.5.